The number of rotatable bonds is 7. The molecule has 0 bridgehead atoms. The molecule has 4 nitrogen and oxygen atoms in total. The summed E-state index contributed by atoms with van der Waals surface area (Å²) in [7, 11) is 0. The molecule has 0 aliphatic heterocycles. The Hall–Kier alpha value is -3.31. The van der Waals surface area contributed by atoms with Gasteiger partial charge in [-0.2, -0.15) is 0 Å². The second kappa shape index (κ2) is 9.67. The van der Waals surface area contributed by atoms with Crippen molar-refractivity contribution >= 4 is 23.4 Å². The number of aromatic nitrogens is 1. The molecule has 4 aromatic rings. The molecule has 0 saturated heterocycles. The predicted molar refractivity (Wildman–Crippen MR) is 126 cm³/mol. The molecule has 0 aliphatic rings. The van der Waals surface area contributed by atoms with E-state index in [9.17, 15) is 4.79 Å². The van der Waals surface area contributed by atoms with Gasteiger partial charge in [-0.15, -0.1) is 11.8 Å². The first-order valence-electron chi connectivity index (χ1n) is 10.3. The number of hydrogen-bond acceptors (Lipinski definition) is 4. The van der Waals surface area contributed by atoms with Crippen LogP contribution in [0.3, 0.4) is 0 Å². The minimum atomic E-state index is -0.140. The first-order valence-corrected chi connectivity index (χ1v) is 11.3. The van der Waals surface area contributed by atoms with Gasteiger partial charge in [-0.1, -0.05) is 37.3 Å². The Balaban J connectivity index is 1.42. The van der Waals surface area contributed by atoms with Crippen molar-refractivity contribution in [3.05, 3.63) is 101 Å². The maximum absolute atomic E-state index is 12.5. The SMILES string of the molecule is CCc1ccc(NC(=O)c2ccc(-c3nc(CSc4ccccc4)c(C)o3)cc2)cc1. The number of benzene rings is 3. The molecule has 0 saturated carbocycles. The molecular weight excluding hydrogens is 404 g/mol. The van der Waals surface area contributed by atoms with Crippen LogP contribution in [0.5, 0.6) is 0 Å². The van der Waals surface area contributed by atoms with E-state index in [-0.39, 0.29) is 5.91 Å². The Morgan fingerprint density at radius 1 is 0.968 bits per heavy atom. The van der Waals surface area contributed by atoms with Crippen LogP contribution in [-0.4, -0.2) is 10.9 Å². The van der Waals surface area contributed by atoms with Crippen molar-refractivity contribution in [1.29, 1.82) is 0 Å². The zero-order valence-corrected chi connectivity index (χ0v) is 18.4. The molecule has 5 heteroatoms. The maximum Gasteiger partial charge on any atom is 0.255 e. The van der Waals surface area contributed by atoms with Gasteiger partial charge in [-0.3, -0.25) is 4.79 Å². The van der Waals surface area contributed by atoms with Crippen LogP contribution in [0.1, 0.15) is 34.3 Å². The molecule has 31 heavy (non-hydrogen) atoms. The van der Waals surface area contributed by atoms with Crippen LogP contribution in [0.15, 0.2) is 88.2 Å². The smallest absolute Gasteiger partial charge is 0.255 e. The largest absolute Gasteiger partial charge is 0.441 e. The summed E-state index contributed by atoms with van der Waals surface area (Å²) in [5.41, 5.74) is 4.40. The lowest BCUT2D eigenvalue weighted by Crippen LogP contribution is -2.11. The van der Waals surface area contributed by atoms with Crippen molar-refractivity contribution in [2.75, 3.05) is 5.32 Å². The number of thioether (sulfide) groups is 1. The van der Waals surface area contributed by atoms with E-state index in [4.69, 9.17) is 4.42 Å². The normalized spacial score (nSPS) is 10.8. The van der Waals surface area contributed by atoms with Crippen molar-refractivity contribution in [3.8, 4) is 11.5 Å². The van der Waals surface area contributed by atoms with E-state index < -0.39 is 0 Å². The van der Waals surface area contributed by atoms with E-state index in [1.807, 2.05) is 61.5 Å². The van der Waals surface area contributed by atoms with E-state index in [1.54, 1.807) is 23.9 Å². The molecule has 0 radical (unpaired) electrons. The van der Waals surface area contributed by atoms with Crippen LogP contribution >= 0.6 is 11.8 Å². The predicted octanol–water partition coefficient (Wildman–Crippen LogP) is 6.76. The van der Waals surface area contributed by atoms with Crippen molar-refractivity contribution < 1.29 is 9.21 Å². The van der Waals surface area contributed by atoms with Crippen LogP contribution in [0, 0.1) is 6.92 Å². The molecule has 0 atom stereocenters. The highest BCUT2D eigenvalue weighted by molar-refractivity contribution is 7.98. The first kappa shape index (κ1) is 20.9. The number of amides is 1. The minimum absolute atomic E-state index is 0.140. The van der Waals surface area contributed by atoms with Gasteiger partial charge >= 0.3 is 0 Å². The Morgan fingerprint density at radius 2 is 1.68 bits per heavy atom. The highest BCUT2D eigenvalue weighted by Gasteiger charge is 2.13. The number of carbonyl (C=O) groups excluding carboxylic acids is 1. The quantitative estimate of drug-likeness (QED) is 0.331. The van der Waals surface area contributed by atoms with Crippen LogP contribution < -0.4 is 5.32 Å². The van der Waals surface area contributed by atoms with Crippen LogP contribution in [0.4, 0.5) is 5.69 Å². The molecule has 1 amide bonds. The second-order valence-electron chi connectivity index (χ2n) is 7.21. The van der Waals surface area contributed by atoms with Gasteiger partial charge < -0.3 is 9.73 Å². The van der Waals surface area contributed by atoms with Gasteiger partial charge in [0.05, 0.1) is 5.69 Å². The fourth-order valence-electron chi connectivity index (χ4n) is 3.15. The number of nitrogens with one attached hydrogen (secondary N) is 1. The van der Waals surface area contributed by atoms with Gasteiger partial charge in [0.25, 0.3) is 5.91 Å². The third-order valence-electron chi connectivity index (χ3n) is 5.03. The molecule has 0 spiro atoms. The summed E-state index contributed by atoms with van der Waals surface area (Å²) in [5, 5.41) is 2.93. The van der Waals surface area contributed by atoms with Crippen molar-refractivity contribution in [2.45, 2.75) is 30.9 Å². The molecule has 3 aromatic carbocycles. The van der Waals surface area contributed by atoms with Crippen LogP contribution in [0.2, 0.25) is 0 Å². The van der Waals surface area contributed by atoms with Gasteiger partial charge in [0.1, 0.15) is 5.76 Å². The number of anilines is 1. The van der Waals surface area contributed by atoms with E-state index in [2.05, 4.69) is 29.4 Å². The van der Waals surface area contributed by atoms with E-state index in [0.717, 1.165) is 34.9 Å². The average Bonchev–Trinajstić information content (AvgIpc) is 3.19. The van der Waals surface area contributed by atoms with Gasteiger partial charge in [0.15, 0.2) is 0 Å². The fourth-order valence-corrected chi connectivity index (χ4v) is 4.07. The number of aryl methyl sites for hydroxylation is 2. The van der Waals surface area contributed by atoms with Crippen molar-refractivity contribution in [1.82, 2.24) is 4.98 Å². The monoisotopic (exact) mass is 428 g/mol. The van der Waals surface area contributed by atoms with Crippen molar-refractivity contribution in [2.24, 2.45) is 0 Å². The Labute approximate surface area is 186 Å². The van der Waals surface area contributed by atoms with E-state index in [1.165, 1.54) is 10.5 Å². The minimum Gasteiger partial charge on any atom is -0.441 e. The standard InChI is InChI=1S/C26H24N2O2S/c1-3-19-9-15-22(16-10-19)27-25(29)20-11-13-21(14-12-20)26-28-24(18(2)30-26)17-31-23-7-5-4-6-8-23/h4-16H,3,17H2,1-2H3,(H,27,29). The lowest BCUT2D eigenvalue weighted by molar-refractivity contribution is 0.102. The lowest BCUT2D eigenvalue weighted by Gasteiger charge is -2.06. The third-order valence-corrected chi connectivity index (χ3v) is 6.05. The summed E-state index contributed by atoms with van der Waals surface area (Å²) in [6, 6.07) is 25.5. The number of hydrogen-bond donors (Lipinski definition) is 1. The number of carbonyl (C=O) groups is 1. The fraction of sp³-hybridized carbons (Fsp3) is 0.154. The lowest BCUT2D eigenvalue weighted by atomic mass is 10.1. The highest BCUT2D eigenvalue weighted by atomic mass is 32.2. The van der Waals surface area contributed by atoms with Gasteiger partial charge in [0.2, 0.25) is 5.89 Å². The van der Waals surface area contributed by atoms with E-state index in [0.29, 0.717) is 11.5 Å². The molecule has 0 unspecified atom stereocenters. The summed E-state index contributed by atoms with van der Waals surface area (Å²) in [4.78, 5) is 18.4. The summed E-state index contributed by atoms with van der Waals surface area (Å²) in [6.07, 6.45) is 0.975. The number of nitrogens with zero attached hydrogens (tertiary/aromatic N) is 1. The zero-order valence-electron chi connectivity index (χ0n) is 17.6. The summed E-state index contributed by atoms with van der Waals surface area (Å²) in [5.74, 6) is 2.00. The highest BCUT2D eigenvalue weighted by Crippen LogP contribution is 2.27. The average molecular weight is 429 g/mol. The number of oxazole rings is 1. The van der Waals surface area contributed by atoms with Crippen LogP contribution in [-0.2, 0) is 12.2 Å². The van der Waals surface area contributed by atoms with E-state index >= 15 is 0 Å². The Kier molecular flexibility index (Phi) is 6.53. The molecule has 1 N–H and O–H groups in total. The zero-order chi connectivity index (χ0) is 21.6. The summed E-state index contributed by atoms with van der Waals surface area (Å²) >= 11 is 1.73. The molecule has 0 aliphatic carbocycles. The summed E-state index contributed by atoms with van der Waals surface area (Å²) < 4.78 is 5.88. The second-order valence-corrected chi connectivity index (χ2v) is 8.25. The van der Waals surface area contributed by atoms with Crippen molar-refractivity contribution in [3.63, 3.8) is 0 Å². The molecule has 156 valence electrons. The summed E-state index contributed by atoms with van der Waals surface area (Å²) in [6.45, 7) is 4.04. The Morgan fingerprint density at radius 3 is 2.35 bits per heavy atom. The van der Waals surface area contributed by atoms with Crippen LogP contribution in [0.25, 0.3) is 11.5 Å². The molecular formula is C26H24N2O2S. The van der Waals surface area contributed by atoms with Gasteiger partial charge in [0, 0.05) is 27.5 Å². The third kappa shape index (κ3) is 5.25. The molecule has 0 fully saturated rings. The molecule has 4 rings (SSSR count). The maximum atomic E-state index is 12.5. The molecule has 1 aromatic heterocycles. The van der Waals surface area contributed by atoms with Gasteiger partial charge in [-0.25, -0.2) is 4.98 Å². The first-order chi connectivity index (χ1) is 15.1. The molecule has 1 heterocycles. The topological polar surface area (TPSA) is 55.1 Å². The Bertz CT molecular complexity index is 1150. The van der Waals surface area contributed by atoms with Gasteiger partial charge in [-0.05, 0) is 67.4 Å².